The van der Waals surface area contributed by atoms with E-state index in [0.717, 1.165) is 116 Å². The van der Waals surface area contributed by atoms with Gasteiger partial charge < -0.3 is 14.2 Å². The van der Waals surface area contributed by atoms with Gasteiger partial charge in [-0.25, -0.2) is 0 Å². The number of ether oxygens (including phenoxy) is 3. The molecule has 1 unspecified atom stereocenters. The van der Waals surface area contributed by atoms with Crippen LogP contribution in [0.15, 0.2) is 194 Å². The fourth-order valence-corrected chi connectivity index (χ4v) is 5.61. The summed E-state index contributed by atoms with van der Waals surface area (Å²) in [6.45, 7) is 7.07. The standard InChI is InChI=1S/C61H88O5/c1-4-7-10-13-16-19-22-25-28-29-30-31-32-35-38-41-44-47-50-53-56-64-57-59(66-61(63)55-52-49-46-43-40-37-34-27-24-21-18-15-12-9-6-3)58-65-60(62)54-51-48-45-42-39-36-33-26-23-20-17-14-11-8-5-2/h7-12,16-21,25-28,30-31,33-35,38-40,42-44,47-49,51-52,59H,4-6,13-15,22-24,29,32,36-37,41,45-46,50,53-58H2,1-3H3/b10-7-,11-8-,12-9-,19-16-,20-17-,21-18-,28-25-,31-30-,33-26-,34-27-,38-35-,42-39-,43-40-,47-44-,51-48-,52-49-. The predicted octanol–water partition coefficient (Wildman–Crippen LogP) is 17.2. The first-order valence-electron chi connectivity index (χ1n) is 25.0. The fourth-order valence-electron chi connectivity index (χ4n) is 5.61. The molecule has 0 saturated carbocycles. The second-order valence-corrected chi connectivity index (χ2v) is 15.3. The van der Waals surface area contributed by atoms with Crippen molar-refractivity contribution in [1.29, 1.82) is 0 Å². The quantitative estimate of drug-likeness (QED) is 0.0347. The summed E-state index contributed by atoms with van der Waals surface area (Å²) in [5.74, 6) is -0.746. The molecule has 0 rings (SSSR count). The van der Waals surface area contributed by atoms with Crippen molar-refractivity contribution in [1.82, 2.24) is 0 Å². The van der Waals surface area contributed by atoms with E-state index in [2.05, 4.69) is 191 Å². The summed E-state index contributed by atoms with van der Waals surface area (Å²) >= 11 is 0. The van der Waals surface area contributed by atoms with E-state index in [9.17, 15) is 9.59 Å². The number of esters is 2. The van der Waals surface area contributed by atoms with Gasteiger partial charge in [-0.3, -0.25) is 9.59 Å². The smallest absolute Gasteiger partial charge is 0.310 e. The molecule has 0 aliphatic rings. The maximum Gasteiger partial charge on any atom is 0.310 e. The average Bonchev–Trinajstić information content (AvgIpc) is 3.32. The number of hydrogen-bond acceptors (Lipinski definition) is 5. The second-order valence-electron chi connectivity index (χ2n) is 15.3. The van der Waals surface area contributed by atoms with E-state index in [0.29, 0.717) is 6.61 Å². The molecule has 1 atom stereocenters. The van der Waals surface area contributed by atoms with Crippen molar-refractivity contribution < 1.29 is 23.8 Å². The highest BCUT2D eigenvalue weighted by molar-refractivity contribution is 5.72. The van der Waals surface area contributed by atoms with Gasteiger partial charge in [0.25, 0.3) is 0 Å². The molecule has 0 amide bonds. The Morgan fingerprint density at radius 2 is 0.606 bits per heavy atom. The summed E-state index contributed by atoms with van der Waals surface area (Å²) in [4.78, 5) is 25.3. The van der Waals surface area contributed by atoms with Crippen molar-refractivity contribution in [2.24, 2.45) is 0 Å². The summed E-state index contributed by atoms with van der Waals surface area (Å²) in [6.07, 6.45) is 85.0. The van der Waals surface area contributed by atoms with Crippen LogP contribution in [0.2, 0.25) is 0 Å². The van der Waals surface area contributed by atoms with Crippen molar-refractivity contribution in [3.63, 3.8) is 0 Å². The minimum absolute atomic E-state index is 0.0475. The summed E-state index contributed by atoms with van der Waals surface area (Å²) < 4.78 is 17.1. The lowest BCUT2D eigenvalue weighted by Gasteiger charge is -2.17. The fraction of sp³-hybridized carbons (Fsp3) is 0.443. The molecular weight excluding hydrogens is 813 g/mol. The van der Waals surface area contributed by atoms with Crippen LogP contribution >= 0.6 is 0 Å². The first-order chi connectivity index (χ1) is 32.6. The molecule has 0 N–H and O–H groups in total. The van der Waals surface area contributed by atoms with E-state index in [1.165, 1.54) is 0 Å². The third-order valence-electron chi connectivity index (χ3n) is 9.17. The molecule has 362 valence electrons. The molecular formula is C61H88O5. The lowest BCUT2D eigenvalue weighted by Crippen LogP contribution is -2.29. The highest BCUT2D eigenvalue weighted by Gasteiger charge is 2.16. The highest BCUT2D eigenvalue weighted by atomic mass is 16.6. The van der Waals surface area contributed by atoms with Gasteiger partial charge in [-0.15, -0.1) is 0 Å². The molecule has 5 heteroatoms. The van der Waals surface area contributed by atoms with E-state index >= 15 is 0 Å². The van der Waals surface area contributed by atoms with Gasteiger partial charge in [0, 0.05) is 6.61 Å². The highest BCUT2D eigenvalue weighted by Crippen LogP contribution is 2.05. The van der Waals surface area contributed by atoms with Gasteiger partial charge in [0.05, 0.1) is 19.4 Å². The minimum Gasteiger partial charge on any atom is -0.461 e. The topological polar surface area (TPSA) is 61.8 Å². The molecule has 0 saturated heterocycles. The molecule has 0 aromatic rings. The molecule has 0 aromatic carbocycles. The van der Waals surface area contributed by atoms with Crippen LogP contribution in [-0.4, -0.2) is 37.9 Å². The summed E-state index contributed by atoms with van der Waals surface area (Å²) in [5, 5.41) is 0. The van der Waals surface area contributed by atoms with Crippen molar-refractivity contribution in [3.05, 3.63) is 194 Å². The van der Waals surface area contributed by atoms with E-state index in [1.807, 2.05) is 24.3 Å². The molecule has 0 aliphatic carbocycles. The molecule has 5 nitrogen and oxygen atoms in total. The van der Waals surface area contributed by atoms with Crippen LogP contribution in [-0.2, 0) is 23.8 Å². The summed E-state index contributed by atoms with van der Waals surface area (Å²) in [7, 11) is 0. The number of carbonyl (C=O) groups is 2. The monoisotopic (exact) mass is 901 g/mol. The minimum atomic E-state index is -0.677. The summed E-state index contributed by atoms with van der Waals surface area (Å²) in [6, 6.07) is 0. The molecule has 0 heterocycles. The van der Waals surface area contributed by atoms with Crippen LogP contribution in [0.1, 0.15) is 149 Å². The van der Waals surface area contributed by atoms with E-state index < -0.39 is 6.10 Å². The average molecular weight is 901 g/mol. The van der Waals surface area contributed by atoms with Gasteiger partial charge in [-0.2, -0.15) is 0 Å². The zero-order valence-corrected chi connectivity index (χ0v) is 41.4. The van der Waals surface area contributed by atoms with Gasteiger partial charge in [-0.1, -0.05) is 215 Å². The number of allylic oxidation sites excluding steroid dienone is 30. The van der Waals surface area contributed by atoms with Crippen LogP contribution in [0.4, 0.5) is 0 Å². The van der Waals surface area contributed by atoms with E-state index in [4.69, 9.17) is 14.2 Å². The molecule has 66 heavy (non-hydrogen) atoms. The first-order valence-corrected chi connectivity index (χ1v) is 25.0. The van der Waals surface area contributed by atoms with Gasteiger partial charge in [0.2, 0.25) is 0 Å². The number of carbonyl (C=O) groups excluding carboxylic acids is 2. The van der Waals surface area contributed by atoms with Crippen molar-refractivity contribution in [2.45, 2.75) is 155 Å². The molecule has 0 bridgehead atoms. The van der Waals surface area contributed by atoms with Crippen LogP contribution in [0, 0.1) is 0 Å². The Morgan fingerprint density at radius 1 is 0.333 bits per heavy atom. The van der Waals surface area contributed by atoms with E-state index in [-0.39, 0.29) is 38.0 Å². The van der Waals surface area contributed by atoms with E-state index in [1.54, 1.807) is 0 Å². The van der Waals surface area contributed by atoms with Crippen LogP contribution in [0.5, 0.6) is 0 Å². The maximum atomic E-state index is 12.7. The third kappa shape index (κ3) is 51.4. The summed E-state index contributed by atoms with van der Waals surface area (Å²) in [5.41, 5.74) is 0. The number of rotatable bonds is 42. The Bertz CT molecular complexity index is 1630. The van der Waals surface area contributed by atoms with Gasteiger partial charge >= 0.3 is 11.9 Å². The molecule has 0 spiro atoms. The number of unbranched alkanes of at least 4 members (excludes halogenated alkanes) is 1. The third-order valence-corrected chi connectivity index (χ3v) is 9.17. The van der Waals surface area contributed by atoms with Crippen molar-refractivity contribution in [3.8, 4) is 0 Å². The van der Waals surface area contributed by atoms with Crippen LogP contribution in [0.3, 0.4) is 0 Å². The second kappa shape index (κ2) is 54.1. The van der Waals surface area contributed by atoms with Crippen LogP contribution in [0.25, 0.3) is 0 Å². The largest absolute Gasteiger partial charge is 0.461 e. The Morgan fingerprint density at radius 3 is 0.924 bits per heavy atom. The maximum absolute atomic E-state index is 12.7. The predicted molar refractivity (Wildman–Crippen MR) is 287 cm³/mol. The van der Waals surface area contributed by atoms with Gasteiger partial charge in [0.15, 0.2) is 6.10 Å². The van der Waals surface area contributed by atoms with Gasteiger partial charge in [0.1, 0.15) is 6.61 Å². The Kier molecular flexibility index (Phi) is 49.8. The normalized spacial score (nSPS) is 13.9. The van der Waals surface area contributed by atoms with Crippen LogP contribution < -0.4 is 0 Å². The lowest BCUT2D eigenvalue weighted by molar-refractivity contribution is -0.161. The Labute approximate surface area is 403 Å². The zero-order valence-electron chi connectivity index (χ0n) is 41.4. The number of hydrogen-bond donors (Lipinski definition) is 0. The first kappa shape index (κ1) is 60.7. The molecule has 0 aromatic heterocycles. The van der Waals surface area contributed by atoms with Crippen molar-refractivity contribution >= 4 is 11.9 Å². The molecule has 0 radical (unpaired) electrons. The molecule has 0 aliphatic heterocycles. The lowest BCUT2D eigenvalue weighted by atomic mass is 10.2. The Balaban J connectivity index is 4.67. The SMILES string of the molecule is CC/C=C\C/C=C\C/C=C\C/C=C\C/C=C\C/C=C\CCCOCC(COC(=O)C/C=C\C/C=C\C/C=C\C/C=C\C/C=C\CC)OC(=O)C/C=C\C/C=C\C/C=C\C/C=C\C/C=C\CC. The Hall–Kier alpha value is -5.26. The molecule has 0 fully saturated rings. The van der Waals surface area contributed by atoms with Gasteiger partial charge in [-0.05, 0) is 116 Å². The zero-order chi connectivity index (χ0) is 47.7. The van der Waals surface area contributed by atoms with Crippen molar-refractivity contribution in [2.75, 3.05) is 19.8 Å².